The van der Waals surface area contributed by atoms with Crippen molar-refractivity contribution in [2.24, 2.45) is 5.92 Å². The molecule has 5 aromatic heterocycles. The van der Waals surface area contributed by atoms with Crippen molar-refractivity contribution < 1.29 is 4.79 Å². The Morgan fingerprint density at radius 1 is 0.917 bits per heavy atom. The van der Waals surface area contributed by atoms with Crippen LogP contribution in [0.4, 0.5) is 5.69 Å². The number of benzene rings is 1. The van der Waals surface area contributed by atoms with Gasteiger partial charge in [0.2, 0.25) is 5.91 Å². The maximum atomic E-state index is 12.1. The van der Waals surface area contributed by atoms with Crippen molar-refractivity contribution >= 4 is 33.7 Å². The van der Waals surface area contributed by atoms with Gasteiger partial charge >= 0.3 is 0 Å². The molecular formula is C27H22N8O. The molecule has 1 aromatic carbocycles. The Balaban J connectivity index is 1.41. The highest BCUT2D eigenvalue weighted by Crippen LogP contribution is 2.31. The monoisotopic (exact) mass is 474 g/mol. The number of para-hydroxylation sites is 1. The lowest BCUT2D eigenvalue weighted by Crippen LogP contribution is -2.17. The molecule has 5 heterocycles. The molecule has 0 radical (unpaired) electrons. The number of hydrogen-bond donors (Lipinski definition) is 3. The van der Waals surface area contributed by atoms with E-state index in [2.05, 4.69) is 30.5 Å². The Bertz CT molecular complexity index is 1720. The first kappa shape index (κ1) is 21.6. The molecule has 9 nitrogen and oxygen atoms in total. The number of amides is 1. The molecule has 6 rings (SSSR count). The minimum atomic E-state index is -0.126. The van der Waals surface area contributed by atoms with Crippen molar-refractivity contribution in [3.05, 3.63) is 73.2 Å². The minimum absolute atomic E-state index is 0.0653. The van der Waals surface area contributed by atoms with Crippen molar-refractivity contribution in [2.45, 2.75) is 13.8 Å². The fourth-order valence-electron chi connectivity index (χ4n) is 4.03. The van der Waals surface area contributed by atoms with E-state index in [9.17, 15) is 4.79 Å². The molecule has 9 heteroatoms. The first-order valence-corrected chi connectivity index (χ1v) is 11.6. The lowest BCUT2D eigenvalue weighted by atomic mass is 10.1. The summed E-state index contributed by atoms with van der Waals surface area (Å²) in [6, 6.07) is 17.5. The van der Waals surface area contributed by atoms with Crippen molar-refractivity contribution in [1.82, 2.24) is 35.1 Å². The molecule has 0 fully saturated rings. The van der Waals surface area contributed by atoms with E-state index in [0.717, 1.165) is 33.4 Å². The van der Waals surface area contributed by atoms with E-state index >= 15 is 0 Å². The van der Waals surface area contributed by atoms with Crippen LogP contribution in [0.25, 0.3) is 56.1 Å². The van der Waals surface area contributed by atoms with Crippen LogP contribution in [0.5, 0.6) is 0 Å². The van der Waals surface area contributed by atoms with Gasteiger partial charge in [0.1, 0.15) is 5.52 Å². The number of pyridine rings is 3. The van der Waals surface area contributed by atoms with Crippen molar-refractivity contribution in [3.8, 4) is 34.0 Å². The van der Waals surface area contributed by atoms with Gasteiger partial charge in [-0.15, -0.1) is 0 Å². The highest BCUT2D eigenvalue weighted by atomic mass is 16.1. The fourth-order valence-corrected chi connectivity index (χ4v) is 4.03. The third kappa shape index (κ3) is 3.86. The molecule has 0 bridgehead atoms. The average Bonchev–Trinajstić information content (AvgIpc) is 3.53. The second-order valence-electron chi connectivity index (χ2n) is 8.77. The summed E-state index contributed by atoms with van der Waals surface area (Å²) in [6.45, 7) is 3.69. The van der Waals surface area contributed by atoms with Gasteiger partial charge in [0.25, 0.3) is 0 Å². The van der Waals surface area contributed by atoms with E-state index in [4.69, 9.17) is 9.97 Å². The van der Waals surface area contributed by atoms with Gasteiger partial charge in [-0.2, -0.15) is 5.10 Å². The number of hydrogen-bond acceptors (Lipinski definition) is 6. The van der Waals surface area contributed by atoms with Crippen LogP contribution >= 0.6 is 0 Å². The van der Waals surface area contributed by atoms with Gasteiger partial charge in [-0.05, 0) is 36.4 Å². The summed E-state index contributed by atoms with van der Waals surface area (Å²) in [5.74, 6) is 0.420. The standard InChI is InChI=1S/C27H22N8O/c1-15(2)27(36)30-17-12-16(13-28-14-17)19-9-10-22-24(31-19)25(35-34-22)26-32-21-8-5-6-18(23(21)33-26)20-7-3-4-11-29-20/h3-15H,1-2H3,(H,30,36)(H,32,33)(H,34,35). The Kier molecular flexibility index (Phi) is 5.22. The Morgan fingerprint density at radius 3 is 2.67 bits per heavy atom. The topological polar surface area (TPSA) is 125 Å². The zero-order valence-electron chi connectivity index (χ0n) is 19.6. The third-order valence-electron chi connectivity index (χ3n) is 5.91. The summed E-state index contributed by atoms with van der Waals surface area (Å²) >= 11 is 0. The second-order valence-corrected chi connectivity index (χ2v) is 8.77. The van der Waals surface area contributed by atoms with E-state index in [0.29, 0.717) is 28.4 Å². The predicted octanol–water partition coefficient (Wildman–Crippen LogP) is 5.22. The first-order chi connectivity index (χ1) is 17.6. The van der Waals surface area contributed by atoms with E-state index in [-0.39, 0.29) is 11.8 Å². The summed E-state index contributed by atoms with van der Waals surface area (Å²) in [6.07, 6.45) is 5.12. The number of fused-ring (bicyclic) bond motifs is 2. The summed E-state index contributed by atoms with van der Waals surface area (Å²) < 4.78 is 0. The SMILES string of the molecule is CC(C)C(=O)Nc1cncc(-c2ccc3[nH]nc(-c4nc5c(-c6ccccn6)cccc5[nH]4)c3n2)c1. The highest BCUT2D eigenvalue weighted by molar-refractivity contribution is 5.96. The molecule has 6 aromatic rings. The molecule has 0 saturated heterocycles. The van der Waals surface area contributed by atoms with Crippen molar-refractivity contribution in [1.29, 1.82) is 0 Å². The molecule has 0 saturated carbocycles. The molecule has 0 aliphatic carbocycles. The number of nitrogens with one attached hydrogen (secondary N) is 3. The third-order valence-corrected chi connectivity index (χ3v) is 5.91. The van der Waals surface area contributed by atoms with Crippen LogP contribution < -0.4 is 5.32 Å². The van der Waals surface area contributed by atoms with E-state index in [1.165, 1.54) is 0 Å². The number of aromatic amines is 2. The van der Waals surface area contributed by atoms with Gasteiger partial charge in [0.05, 0.1) is 39.8 Å². The van der Waals surface area contributed by atoms with Gasteiger partial charge in [-0.1, -0.05) is 32.0 Å². The summed E-state index contributed by atoms with van der Waals surface area (Å²) in [5.41, 5.74) is 7.71. The smallest absolute Gasteiger partial charge is 0.226 e. The molecule has 0 aliphatic heterocycles. The number of carbonyl (C=O) groups excluding carboxylic acids is 1. The van der Waals surface area contributed by atoms with Crippen LogP contribution in [0, 0.1) is 5.92 Å². The maximum absolute atomic E-state index is 12.1. The Morgan fingerprint density at radius 2 is 1.83 bits per heavy atom. The number of anilines is 1. The number of H-pyrrole nitrogens is 2. The first-order valence-electron chi connectivity index (χ1n) is 11.6. The molecule has 0 atom stereocenters. The maximum Gasteiger partial charge on any atom is 0.226 e. The summed E-state index contributed by atoms with van der Waals surface area (Å²) in [4.78, 5) is 34.0. The normalized spacial score (nSPS) is 11.4. The molecule has 1 amide bonds. The van der Waals surface area contributed by atoms with Crippen molar-refractivity contribution in [3.63, 3.8) is 0 Å². The molecule has 0 unspecified atom stereocenters. The molecule has 0 aliphatic rings. The van der Waals surface area contributed by atoms with Crippen LogP contribution in [0.1, 0.15) is 13.8 Å². The van der Waals surface area contributed by atoms with Crippen LogP contribution in [0.2, 0.25) is 0 Å². The van der Waals surface area contributed by atoms with Gasteiger partial charge in [-0.3, -0.25) is 19.9 Å². The largest absolute Gasteiger partial charge is 0.336 e. The zero-order valence-corrected chi connectivity index (χ0v) is 19.6. The number of aromatic nitrogens is 7. The fraction of sp³-hybridized carbons (Fsp3) is 0.111. The van der Waals surface area contributed by atoms with Crippen molar-refractivity contribution in [2.75, 3.05) is 5.32 Å². The van der Waals surface area contributed by atoms with Gasteiger partial charge in [0, 0.05) is 29.4 Å². The number of nitrogens with zero attached hydrogens (tertiary/aromatic N) is 5. The van der Waals surface area contributed by atoms with Crippen LogP contribution in [0.3, 0.4) is 0 Å². The Labute approximate surface area is 206 Å². The number of carbonyl (C=O) groups is 1. The van der Waals surface area contributed by atoms with E-state index in [1.54, 1.807) is 18.6 Å². The molecule has 3 N–H and O–H groups in total. The minimum Gasteiger partial charge on any atom is -0.336 e. The lowest BCUT2D eigenvalue weighted by molar-refractivity contribution is -0.118. The molecule has 176 valence electrons. The predicted molar refractivity (Wildman–Crippen MR) is 139 cm³/mol. The summed E-state index contributed by atoms with van der Waals surface area (Å²) in [7, 11) is 0. The summed E-state index contributed by atoms with van der Waals surface area (Å²) in [5, 5.41) is 10.4. The molecule has 36 heavy (non-hydrogen) atoms. The van der Waals surface area contributed by atoms with Gasteiger partial charge < -0.3 is 10.3 Å². The van der Waals surface area contributed by atoms with Gasteiger partial charge in [-0.25, -0.2) is 9.97 Å². The molecule has 0 spiro atoms. The van der Waals surface area contributed by atoms with Crippen LogP contribution in [0.15, 0.2) is 73.2 Å². The highest BCUT2D eigenvalue weighted by Gasteiger charge is 2.17. The van der Waals surface area contributed by atoms with Crippen LogP contribution in [-0.4, -0.2) is 41.0 Å². The van der Waals surface area contributed by atoms with Gasteiger partial charge in [0.15, 0.2) is 11.5 Å². The number of imidazole rings is 1. The lowest BCUT2D eigenvalue weighted by Gasteiger charge is -2.08. The Hall–Kier alpha value is -4.92. The average molecular weight is 475 g/mol. The zero-order chi connectivity index (χ0) is 24.6. The van der Waals surface area contributed by atoms with E-state index < -0.39 is 0 Å². The second kappa shape index (κ2) is 8.70. The van der Waals surface area contributed by atoms with E-state index in [1.807, 2.05) is 68.4 Å². The number of rotatable bonds is 5. The molecular weight excluding hydrogens is 452 g/mol. The quantitative estimate of drug-likeness (QED) is 0.315. The van der Waals surface area contributed by atoms with Crippen LogP contribution in [-0.2, 0) is 4.79 Å².